The molecule has 3 heterocycles. The molecule has 0 radical (unpaired) electrons. The van der Waals surface area contributed by atoms with E-state index in [-0.39, 0.29) is 11.8 Å². The smallest absolute Gasteiger partial charge is 0.222 e. The first kappa shape index (κ1) is 23.5. The van der Waals surface area contributed by atoms with Gasteiger partial charge in [0.25, 0.3) is 0 Å². The van der Waals surface area contributed by atoms with Crippen molar-refractivity contribution < 1.29 is 10.0 Å². The van der Waals surface area contributed by atoms with Crippen LogP contribution < -0.4 is 10.5 Å². The van der Waals surface area contributed by atoms with Gasteiger partial charge in [0.2, 0.25) is 5.91 Å². The van der Waals surface area contributed by atoms with Crippen LogP contribution in [0.3, 0.4) is 0 Å². The first-order valence-corrected chi connectivity index (χ1v) is 12.0. The molecule has 2 aromatic rings. The van der Waals surface area contributed by atoms with E-state index in [0.29, 0.717) is 24.8 Å². The second kappa shape index (κ2) is 10.5. The van der Waals surface area contributed by atoms with E-state index >= 15 is 0 Å². The molecule has 0 bridgehead atoms. The van der Waals surface area contributed by atoms with Crippen molar-refractivity contribution in [2.45, 2.75) is 39.2 Å². The molecule has 7 nitrogen and oxygen atoms in total. The number of likely N-dealkylation sites (tertiary alicyclic amines) is 1. The quantitative estimate of drug-likeness (QED) is 0.609. The molecule has 8 heteroatoms. The summed E-state index contributed by atoms with van der Waals surface area (Å²) in [6.07, 6.45) is 8.39. The van der Waals surface area contributed by atoms with Crippen molar-refractivity contribution in [2.24, 2.45) is 5.92 Å². The molecule has 33 heavy (non-hydrogen) atoms. The van der Waals surface area contributed by atoms with Crippen molar-refractivity contribution in [1.82, 2.24) is 20.2 Å². The number of amides is 1. The number of fused-ring (bicyclic) bond motifs is 1. The van der Waals surface area contributed by atoms with E-state index in [0.717, 1.165) is 54.1 Å². The number of hydrogen-bond acceptors (Lipinski definition) is 6. The molecular formula is C25H32ClN5O2. The topological polar surface area (TPSA) is 71.9 Å². The minimum Gasteiger partial charge on any atom is -0.355 e. The molecule has 176 valence electrons. The Morgan fingerprint density at radius 2 is 2.06 bits per heavy atom. The van der Waals surface area contributed by atoms with Crippen LogP contribution >= 0.6 is 11.6 Å². The van der Waals surface area contributed by atoms with Crippen molar-refractivity contribution in [1.29, 1.82) is 0 Å². The Hall–Kier alpha value is -2.61. The number of benzene rings is 1. The molecule has 1 amide bonds. The highest BCUT2D eigenvalue weighted by molar-refractivity contribution is 6.30. The zero-order valence-corrected chi connectivity index (χ0v) is 20.0. The van der Waals surface area contributed by atoms with Crippen molar-refractivity contribution in [3.63, 3.8) is 0 Å². The van der Waals surface area contributed by atoms with E-state index in [1.54, 1.807) is 12.4 Å². The largest absolute Gasteiger partial charge is 0.355 e. The minimum absolute atomic E-state index is 0.00597. The maximum atomic E-state index is 11.9. The zero-order chi connectivity index (χ0) is 23.4. The molecule has 1 atom stereocenters. The highest BCUT2D eigenvalue weighted by Crippen LogP contribution is 2.34. The normalized spacial score (nSPS) is 18.5. The summed E-state index contributed by atoms with van der Waals surface area (Å²) in [6, 6.07) is 10.1. The molecule has 4 rings (SSSR count). The van der Waals surface area contributed by atoms with Crippen LogP contribution in [0.5, 0.6) is 0 Å². The molecule has 1 saturated heterocycles. The molecule has 2 N–H and O–H groups in total. The van der Waals surface area contributed by atoms with E-state index in [2.05, 4.69) is 15.2 Å². The summed E-state index contributed by atoms with van der Waals surface area (Å²) in [5.74, 6) is 0.0794. The number of nitrogens with one attached hydrogen (secondary N) is 1. The average molecular weight is 470 g/mol. The van der Waals surface area contributed by atoms with Gasteiger partial charge in [-0.15, -0.1) is 0 Å². The molecule has 0 aliphatic carbocycles. The molecule has 2 aliphatic rings. The Morgan fingerprint density at radius 3 is 2.82 bits per heavy atom. The van der Waals surface area contributed by atoms with Gasteiger partial charge in [-0.1, -0.05) is 37.6 Å². The van der Waals surface area contributed by atoms with E-state index in [1.807, 2.05) is 55.4 Å². The van der Waals surface area contributed by atoms with Gasteiger partial charge in [0, 0.05) is 48.0 Å². The summed E-state index contributed by atoms with van der Waals surface area (Å²) in [6.45, 7) is 6.92. The molecule has 0 spiro atoms. The van der Waals surface area contributed by atoms with Gasteiger partial charge < -0.3 is 5.32 Å². The second-order valence-electron chi connectivity index (χ2n) is 9.04. The Bertz CT molecular complexity index is 995. The number of aromatic nitrogens is 1. The summed E-state index contributed by atoms with van der Waals surface area (Å²) in [4.78, 5) is 18.5. The van der Waals surface area contributed by atoms with E-state index in [1.165, 1.54) is 5.17 Å². The van der Waals surface area contributed by atoms with Crippen LogP contribution in [0.2, 0.25) is 5.02 Å². The SMILES string of the molecule is CC(C)C(=O)NCCN1CCC[C@@H]1CN1C=C(Cc2ccc(Cl)cc2)c2ccncc2N1O. The van der Waals surface area contributed by atoms with Crippen molar-refractivity contribution >= 4 is 28.8 Å². The van der Waals surface area contributed by atoms with Crippen molar-refractivity contribution in [3.8, 4) is 0 Å². The number of nitrogens with zero attached hydrogens (tertiary/aromatic N) is 4. The zero-order valence-electron chi connectivity index (χ0n) is 19.2. The van der Waals surface area contributed by atoms with Crippen molar-refractivity contribution in [2.75, 3.05) is 31.4 Å². The maximum Gasteiger partial charge on any atom is 0.222 e. The fourth-order valence-corrected chi connectivity index (χ4v) is 4.62. The van der Waals surface area contributed by atoms with Gasteiger partial charge in [-0.05, 0) is 55.1 Å². The lowest BCUT2D eigenvalue weighted by atomic mass is 9.97. The van der Waals surface area contributed by atoms with Crippen LogP contribution in [-0.4, -0.2) is 58.2 Å². The van der Waals surface area contributed by atoms with Crippen LogP contribution in [0.4, 0.5) is 5.69 Å². The maximum absolute atomic E-state index is 11.9. The van der Waals surface area contributed by atoms with E-state index in [9.17, 15) is 10.0 Å². The van der Waals surface area contributed by atoms with E-state index < -0.39 is 0 Å². The van der Waals surface area contributed by atoms with Gasteiger partial charge in [-0.2, -0.15) is 5.17 Å². The third-order valence-corrected chi connectivity index (χ3v) is 6.59. The number of rotatable bonds is 8. The third kappa shape index (κ3) is 5.66. The molecule has 1 aromatic carbocycles. The Morgan fingerprint density at radius 1 is 1.27 bits per heavy atom. The highest BCUT2D eigenvalue weighted by Gasteiger charge is 2.30. The van der Waals surface area contributed by atoms with Crippen LogP contribution in [-0.2, 0) is 11.2 Å². The molecule has 0 unspecified atom stereocenters. The van der Waals surface area contributed by atoms with Gasteiger partial charge in [0.15, 0.2) is 0 Å². The van der Waals surface area contributed by atoms with Crippen molar-refractivity contribution in [3.05, 3.63) is 65.1 Å². The fourth-order valence-electron chi connectivity index (χ4n) is 4.49. The predicted octanol–water partition coefficient (Wildman–Crippen LogP) is 3.98. The molecule has 1 aromatic heterocycles. The number of halogens is 1. The summed E-state index contributed by atoms with van der Waals surface area (Å²) < 4.78 is 0. The number of carbonyl (C=O) groups excluding carboxylic acids is 1. The molecular weight excluding hydrogens is 438 g/mol. The van der Waals surface area contributed by atoms with Gasteiger partial charge in [0.1, 0.15) is 5.69 Å². The number of hydrazine groups is 1. The summed E-state index contributed by atoms with van der Waals surface area (Å²) in [5.41, 5.74) is 3.92. The van der Waals surface area contributed by atoms with Gasteiger partial charge in [0.05, 0.1) is 12.7 Å². The second-order valence-corrected chi connectivity index (χ2v) is 9.48. The summed E-state index contributed by atoms with van der Waals surface area (Å²) >= 11 is 6.06. The van der Waals surface area contributed by atoms with E-state index in [4.69, 9.17) is 11.6 Å². The van der Waals surface area contributed by atoms with Crippen LogP contribution in [0.15, 0.2) is 48.9 Å². The minimum atomic E-state index is -0.00597. The molecule has 0 saturated carbocycles. The Kier molecular flexibility index (Phi) is 7.53. The molecule has 1 fully saturated rings. The van der Waals surface area contributed by atoms with Crippen LogP contribution in [0.25, 0.3) is 5.57 Å². The lowest BCUT2D eigenvalue weighted by molar-refractivity contribution is -0.124. The van der Waals surface area contributed by atoms with Gasteiger partial charge in [-0.3, -0.25) is 24.9 Å². The summed E-state index contributed by atoms with van der Waals surface area (Å²) in [7, 11) is 0. The van der Waals surface area contributed by atoms with Gasteiger partial charge >= 0.3 is 0 Å². The monoisotopic (exact) mass is 469 g/mol. The number of pyridine rings is 1. The third-order valence-electron chi connectivity index (χ3n) is 6.34. The Balaban J connectivity index is 1.48. The fraction of sp³-hybridized carbons (Fsp3) is 0.440. The number of carbonyl (C=O) groups is 1. The number of anilines is 1. The predicted molar refractivity (Wildman–Crippen MR) is 131 cm³/mol. The number of allylic oxidation sites excluding steroid dienone is 1. The Labute approximate surface area is 200 Å². The van der Waals surface area contributed by atoms with Gasteiger partial charge in [-0.25, -0.2) is 0 Å². The lowest BCUT2D eigenvalue weighted by Gasteiger charge is -2.39. The first-order valence-electron chi connectivity index (χ1n) is 11.6. The number of hydrogen-bond donors (Lipinski definition) is 2. The lowest BCUT2D eigenvalue weighted by Crippen LogP contribution is -2.48. The standard InChI is InChI=1S/C25H32ClN5O2/c1-18(2)25(32)28-11-13-29-12-3-4-22(29)17-30-16-20(14-19-5-7-21(26)8-6-19)23-9-10-27-15-24(23)31(30)33/h5-10,15-16,18,22,33H,3-4,11-14,17H2,1-2H3,(H,28,32)/t22-/m1/s1. The first-order chi connectivity index (χ1) is 15.9. The molecule has 2 aliphatic heterocycles. The van der Waals surface area contributed by atoms with Crippen LogP contribution in [0.1, 0.15) is 37.8 Å². The summed E-state index contributed by atoms with van der Waals surface area (Å²) in [5, 5.41) is 17.8. The van der Waals surface area contributed by atoms with Crippen LogP contribution in [0, 0.1) is 5.92 Å². The highest BCUT2D eigenvalue weighted by atomic mass is 35.5. The average Bonchev–Trinajstić information content (AvgIpc) is 3.25.